The van der Waals surface area contributed by atoms with Crippen molar-refractivity contribution in [3.63, 3.8) is 0 Å². The van der Waals surface area contributed by atoms with Crippen molar-refractivity contribution in [2.75, 3.05) is 19.6 Å². The van der Waals surface area contributed by atoms with E-state index in [-0.39, 0.29) is 11.5 Å². The highest BCUT2D eigenvalue weighted by atomic mass is 32.1. The Hall–Kier alpha value is -3.44. The molecule has 7 nitrogen and oxygen atoms in total. The molecule has 0 atom stereocenters. The zero-order valence-electron chi connectivity index (χ0n) is 19.1. The van der Waals surface area contributed by atoms with Gasteiger partial charge in [-0.05, 0) is 49.4 Å². The smallest absolute Gasteiger partial charge is 0.352 e. The van der Waals surface area contributed by atoms with Gasteiger partial charge in [0.05, 0.1) is 23.2 Å². The van der Waals surface area contributed by atoms with Gasteiger partial charge in [-0.15, -0.1) is 11.3 Å². The first-order valence-electron chi connectivity index (χ1n) is 11.7. The zero-order chi connectivity index (χ0) is 25.0. The number of piperidine rings is 1. The summed E-state index contributed by atoms with van der Waals surface area (Å²) in [6.07, 6.45) is -1.20. The predicted octanol–water partition coefficient (Wildman–Crippen LogP) is 4.42. The van der Waals surface area contributed by atoms with Crippen LogP contribution >= 0.6 is 11.3 Å². The molecular weight excluding hydrogens is 491 g/mol. The fourth-order valence-corrected chi connectivity index (χ4v) is 6.04. The molecule has 2 aliphatic heterocycles. The molecular formula is C25H22F3N5O2S. The molecule has 5 heterocycles. The van der Waals surface area contributed by atoms with Crippen molar-refractivity contribution in [2.45, 2.75) is 25.6 Å². The second-order valence-corrected chi connectivity index (χ2v) is 10.2. The lowest BCUT2D eigenvalue weighted by Crippen LogP contribution is -2.40. The molecule has 36 heavy (non-hydrogen) atoms. The van der Waals surface area contributed by atoms with Crippen LogP contribution in [0.2, 0.25) is 0 Å². The number of rotatable bonds is 5. The predicted molar refractivity (Wildman–Crippen MR) is 131 cm³/mol. The van der Waals surface area contributed by atoms with Gasteiger partial charge in [0.1, 0.15) is 10.5 Å². The highest BCUT2D eigenvalue weighted by Gasteiger charge is 2.37. The number of thiophene rings is 1. The van der Waals surface area contributed by atoms with Gasteiger partial charge < -0.3 is 4.98 Å². The summed E-state index contributed by atoms with van der Waals surface area (Å²) in [6.45, 7) is 0.405. The number of imide groups is 1. The number of amides is 2. The summed E-state index contributed by atoms with van der Waals surface area (Å²) in [5.74, 6) is -0.790. The van der Waals surface area contributed by atoms with Crippen molar-refractivity contribution in [1.29, 1.82) is 0 Å². The van der Waals surface area contributed by atoms with Crippen LogP contribution in [0.15, 0.2) is 41.9 Å². The van der Waals surface area contributed by atoms with E-state index >= 15 is 0 Å². The third-order valence-corrected chi connectivity index (χ3v) is 7.79. The number of aromatic amines is 1. The number of nitrogens with one attached hydrogen (secondary N) is 2. The highest BCUT2D eigenvalue weighted by molar-refractivity contribution is 7.16. The molecule has 0 unspecified atom stereocenters. The van der Waals surface area contributed by atoms with Gasteiger partial charge in [0.25, 0.3) is 11.8 Å². The number of likely N-dealkylation sites (tertiary alicyclic amines) is 1. The average Bonchev–Trinajstić information content (AvgIpc) is 3.58. The van der Waals surface area contributed by atoms with E-state index in [9.17, 15) is 22.8 Å². The van der Waals surface area contributed by atoms with Gasteiger partial charge in [-0.3, -0.25) is 24.5 Å². The van der Waals surface area contributed by atoms with E-state index in [4.69, 9.17) is 5.10 Å². The second-order valence-electron chi connectivity index (χ2n) is 9.28. The van der Waals surface area contributed by atoms with Crippen LogP contribution < -0.4 is 5.32 Å². The van der Waals surface area contributed by atoms with Crippen LogP contribution in [0.25, 0.3) is 32.3 Å². The van der Waals surface area contributed by atoms with E-state index in [1.807, 2.05) is 40.4 Å². The lowest BCUT2D eigenvalue weighted by atomic mass is 9.96. The molecule has 2 amide bonds. The quantitative estimate of drug-likeness (QED) is 0.387. The van der Waals surface area contributed by atoms with Crippen molar-refractivity contribution < 1.29 is 22.8 Å². The molecule has 186 valence electrons. The first-order chi connectivity index (χ1) is 17.3. The number of carbonyl (C=O) groups excluding carboxylic acids is 2. The first-order valence-corrected chi connectivity index (χ1v) is 12.6. The number of hydrogen-bond acceptors (Lipinski definition) is 5. The second kappa shape index (κ2) is 8.59. The molecule has 4 aromatic rings. The zero-order valence-corrected chi connectivity index (χ0v) is 19.9. The molecule has 1 saturated heterocycles. The van der Waals surface area contributed by atoms with Crippen LogP contribution in [0.4, 0.5) is 13.2 Å². The van der Waals surface area contributed by atoms with Crippen LogP contribution in [-0.4, -0.2) is 57.3 Å². The van der Waals surface area contributed by atoms with Gasteiger partial charge in [-0.2, -0.15) is 18.3 Å². The topological polar surface area (TPSA) is 83.0 Å². The molecule has 0 saturated carbocycles. The molecule has 3 aromatic heterocycles. The van der Waals surface area contributed by atoms with Crippen LogP contribution in [0.5, 0.6) is 0 Å². The Morgan fingerprint density at radius 2 is 1.78 bits per heavy atom. The van der Waals surface area contributed by atoms with Gasteiger partial charge in [-0.1, -0.05) is 18.2 Å². The van der Waals surface area contributed by atoms with E-state index in [0.29, 0.717) is 49.3 Å². The van der Waals surface area contributed by atoms with Crippen LogP contribution in [0.3, 0.4) is 0 Å². The fourth-order valence-electron chi connectivity index (χ4n) is 5.27. The van der Waals surface area contributed by atoms with Gasteiger partial charge >= 0.3 is 6.18 Å². The minimum atomic E-state index is -4.20. The maximum atomic E-state index is 13.0. The Morgan fingerprint density at radius 1 is 1.03 bits per heavy atom. The van der Waals surface area contributed by atoms with Gasteiger partial charge in [0.2, 0.25) is 0 Å². The van der Waals surface area contributed by atoms with E-state index in [0.717, 1.165) is 21.1 Å². The third-order valence-electron chi connectivity index (χ3n) is 6.94. The number of benzene rings is 1. The first kappa shape index (κ1) is 23.0. The van der Waals surface area contributed by atoms with Crippen LogP contribution in [0.1, 0.15) is 24.1 Å². The summed E-state index contributed by atoms with van der Waals surface area (Å²) in [5, 5.41) is 10.8. The molecule has 11 heteroatoms. The molecule has 2 N–H and O–H groups in total. The molecule has 0 aliphatic carbocycles. The fraction of sp³-hybridized carbons (Fsp3) is 0.320. The summed E-state index contributed by atoms with van der Waals surface area (Å²) in [5.41, 5.74) is 2.44. The third kappa shape index (κ3) is 4.01. The van der Waals surface area contributed by atoms with Gasteiger partial charge in [0, 0.05) is 29.1 Å². The minimum Gasteiger partial charge on any atom is -0.352 e. The van der Waals surface area contributed by atoms with Crippen molar-refractivity contribution in [3.8, 4) is 0 Å². The Kier molecular flexibility index (Phi) is 5.49. The Balaban J connectivity index is 1.37. The monoisotopic (exact) mass is 513 g/mol. The van der Waals surface area contributed by atoms with E-state index in [2.05, 4.69) is 10.3 Å². The molecule has 1 fully saturated rings. The lowest BCUT2D eigenvalue weighted by molar-refractivity contribution is -0.148. The summed E-state index contributed by atoms with van der Waals surface area (Å²) in [6, 6.07) is 9.43. The average molecular weight is 514 g/mol. The SMILES string of the molecule is O=C1NC(=O)C(c2nn(CC3CCN(CC(F)(F)F)CC3)c3ccccc23)=C1c1c[nH]c2sccc12. The van der Waals surface area contributed by atoms with Crippen LogP contribution in [0, 0.1) is 5.92 Å². The molecule has 0 bridgehead atoms. The summed E-state index contributed by atoms with van der Waals surface area (Å²) >= 11 is 1.51. The number of alkyl halides is 3. The summed E-state index contributed by atoms with van der Waals surface area (Å²) in [7, 11) is 0. The molecule has 2 aliphatic rings. The number of hydrogen-bond donors (Lipinski definition) is 2. The molecule has 6 rings (SSSR count). The maximum absolute atomic E-state index is 13.0. The van der Waals surface area contributed by atoms with E-state index in [1.165, 1.54) is 16.2 Å². The summed E-state index contributed by atoms with van der Waals surface area (Å²) in [4.78, 5) is 31.4. The lowest BCUT2D eigenvalue weighted by Gasteiger charge is -2.32. The van der Waals surface area contributed by atoms with Crippen molar-refractivity contribution in [2.24, 2.45) is 5.92 Å². The highest BCUT2D eigenvalue weighted by Crippen LogP contribution is 2.38. The molecule has 0 radical (unpaired) electrons. The largest absolute Gasteiger partial charge is 0.401 e. The number of para-hydroxylation sites is 1. The molecule has 0 spiro atoms. The van der Waals surface area contributed by atoms with Crippen molar-refractivity contribution in [3.05, 3.63) is 53.2 Å². The number of aromatic nitrogens is 3. The number of halogens is 3. The van der Waals surface area contributed by atoms with E-state index in [1.54, 1.807) is 6.20 Å². The van der Waals surface area contributed by atoms with Crippen molar-refractivity contribution >= 4 is 55.4 Å². The Morgan fingerprint density at radius 3 is 2.56 bits per heavy atom. The Bertz CT molecular complexity index is 1520. The number of carbonyl (C=O) groups is 2. The summed E-state index contributed by atoms with van der Waals surface area (Å²) < 4.78 is 40.1. The van der Waals surface area contributed by atoms with Gasteiger partial charge in [0.15, 0.2) is 0 Å². The number of nitrogens with zero attached hydrogens (tertiary/aromatic N) is 3. The number of fused-ring (bicyclic) bond motifs is 2. The van der Waals surface area contributed by atoms with Crippen LogP contribution in [-0.2, 0) is 16.1 Å². The molecule has 1 aromatic carbocycles. The van der Waals surface area contributed by atoms with E-state index < -0.39 is 24.5 Å². The standard InChI is InChI=1S/C25H22F3N5O2S/c26-25(27,28)13-32-8-5-14(6-9-32)12-33-18-4-2-1-3-16(18)21(31-33)20-19(22(34)30-23(20)35)17-11-29-24-15(17)7-10-36-24/h1-4,7,10-11,14,29H,5-6,8-9,12-13H2,(H,30,34,35). The van der Waals surface area contributed by atoms with Gasteiger partial charge in [-0.25, -0.2) is 0 Å². The normalized spacial score (nSPS) is 18.2. The number of H-pyrrole nitrogens is 1. The van der Waals surface area contributed by atoms with Crippen molar-refractivity contribution in [1.82, 2.24) is 25.0 Å². The minimum absolute atomic E-state index is 0.160. The Labute approximate surface area is 207 Å². The maximum Gasteiger partial charge on any atom is 0.401 e.